The van der Waals surface area contributed by atoms with Crippen LogP contribution in [0.25, 0.3) is 0 Å². The number of nitrogens with zero attached hydrogens (tertiary/aromatic N) is 2. The van der Waals surface area contributed by atoms with Crippen LogP contribution in [0, 0.1) is 21.8 Å². The average molecular weight is 372 g/mol. The van der Waals surface area contributed by atoms with Gasteiger partial charge in [-0.3, -0.25) is 10.1 Å². The molecule has 0 aromatic heterocycles. The Morgan fingerprint density at radius 2 is 1.89 bits per heavy atom. The molecule has 27 heavy (non-hydrogen) atoms. The number of nitro benzene ring substituents is 1. The summed E-state index contributed by atoms with van der Waals surface area (Å²) in [6, 6.07) is 10.0. The maximum Gasteiger partial charge on any atom is 0.338 e. The van der Waals surface area contributed by atoms with Crippen molar-refractivity contribution >= 4 is 17.3 Å². The van der Waals surface area contributed by atoms with Gasteiger partial charge in [0.15, 0.2) is 0 Å². The van der Waals surface area contributed by atoms with Gasteiger partial charge in [-0.2, -0.15) is 0 Å². The number of piperidine rings is 1. The molecule has 1 fully saturated rings. The molecule has 1 saturated heterocycles. The number of carbonyl (C=O) groups is 1. The molecule has 142 valence electrons. The van der Waals surface area contributed by atoms with Gasteiger partial charge in [0.05, 0.1) is 10.5 Å². The van der Waals surface area contributed by atoms with Crippen LogP contribution >= 0.6 is 0 Å². The van der Waals surface area contributed by atoms with Crippen LogP contribution in [0.3, 0.4) is 0 Å². The van der Waals surface area contributed by atoms with Crippen LogP contribution in [-0.4, -0.2) is 24.0 Å². The van der Waals surface area contributed by atoms with Crippen molar-refractivity contribution < 1.29 is 18.8 Å². The highest BCUT2D eigenvalue weighted by Crippen LogP contribution is 2.32. The fraction of sp³-hybridized carbons (Fsp3) is 0.350. The van der Waals surface area contributed by atoms with Gasteiger partial charge in [0.1, 0.15) is 18.1 Å². The highest BCUT2D eigenvalue weighted by atomic mass is 19.1. The second-order valence-corrected chi connectivity index (χ2v) is 6.83. The van der Waals surface area contributed by atoms with Gasteiger partial charge in [0.25, 0.3) is 5.69 Å². The van der Waals surface area contributed by atoms with Gasteiger partial charge in [0, 0.05) is 19.2 Å². The smallest absolute Gasteiger partial charge is 0.338 e. The lowest BCUT2D eigenvalue weighted by Crippen LogP contribution is -2.33. The van der Waals surface area contributed by atoms with Crippen molar-refractivity contribution in [3.63, 3.8) is 0 Å². The van der Waals surface area contributed by atoms with E-state index in [0.717, 1.165) is 25.9 Å². The zero-order valence-corrected chi connectivity index (χ0v) is 15.1. The number of anilines is 1. The van der Waals surface area contributed by atoms with Gasteiger partial charge in [0.2, 0.25) is 0 Å². The van der Waals surface area contributed by atoms with Crippen LogP contribution in [0.1, 0.15) is 35.7 Å². The Hall–Kier alpha value is -2.96. The molecule has 3 rings (SSSR count). The lowest BCUT2D eigenvalue weighted by molar-refractivity contribution is -0.384. The van der Waals surface area contributed by atoms with Crippen LogP contribution in [-0.2, 0) is 11.3 Å². The minimum absolute atomic E-state index is 0.0291. The molecule has 1 aliphatic rings. The number of esters is 1. The number of hydrogen-bond donors (Lipinski definition) is 0. The number of rotatable bonds is 5. The summed E-state index contributed by atoms with van der Waals surface area (Å²) in [7, 11) is 0. The lowest BCUT2D eigenvalue weighted by Gasteiger charge is -2.31. The molecule has 2 aromatic rings. The van der Waals surface area contributed by atoms with E-state index in [1.807, 2.05) is 4.90 Å². The van der Waals surface area contributed by atoms with Crippen LogP contribution in [0.4, 0.5) is 15.8 Å². The molecule has 2 aromatic carbocycles. The Morgan fingerprint density at radius 3 is 2.52 bits per heavy atom. The van der Waals surface area contributed by atoms with Crippen LogP contribution in [0.5, 0.6) is 0 Å². The van der Waals surface area contributed by atoms with E-state index in [2.05, 4.69) is 6.92 Å². The first kappa shape index (κ1) is 18.8. The second-order valence-electron chi connectivity index (χ2n) is 6.83. The minimum Gasteiger partial charge on any atom is -0.457 e. The maximum absolute atomic E-state index is 12.9. The van der Waals surface area contributed by atoms with Crippen molar-refractivity contribution in [1.29, 1.82) is 0 Å². The molecule has 0 aliphatic carbocycles. The number of halogens is 1. The van der Waals surface area contributed by atoms with E-state index in [1.54, 1.807) is 12.1 Å². The summed E-state index contributed by atoms with van der Waals surface area (Å²) in [5, 5.41) is 11.5. The molecule has 0 bridgehead atoms. The van der Waals surface area contributed by atoms with Gasteiger partial charge in [-0.05, 0) is 48.6 Å². The molecule has 0 atom stereocenters. The summed E-state index contributed by atoms with van der Waals surface area (Å²) in [5.41, 5.74) is 1.19. The van der Waals surface area contributed by atoms with E-state index in [9.17, 15) is 19.3 Å². The van der Waals surface area contributed by atoms with Crippen molar-refractivity contribution in [3.05, 3.63) is 69.5 Å². The second kappa shape index (κ2) is 8.16. The zero-order chi connectivity index (χ0) is 19.4. The van der Waals surface area contributed by atoms with E-state index >= 15 is 0 Å². The quantitative estimate of drug-likeness (QED) is 0.444. The summed E-state index contributed by atoms with van der Waals surface area (Å²) in [4.78, 5) is 25.3. The van der Waals surface area contributed by atoms with Crippen molar-refractivity contribution in [1.82, 2.24) is 0 Å². The Kier molecular flexibility index (Phi) is 5.69. The summed E-state index contributed by atoms with van der Waals surface area (Å²) in [5.74, 6) is -0.411. The highest BCUT2D eigenvalue weighted by Gasteiger charge is 2.25. The topological polar surface area (TPSA) is 72.7 Å². The summed E-state index contributed by atoms with van der Waals surface area (Å²) in [6.07, 6.45) is 1.97. The molecule has 0 unspecified atom stereocenters. The first-order valence-electron chi connectivity index (χ1n) is 8.89. The Bertz CT molecular complexity index is 830. The number of benzene rings is 2. The monoisotopic (exact) mass is 372 g/mol. The predicted molar refractivity (Wildman–Crippen MR) is 99.2 cm³/mol. The minimum atomic E-state index is -0.652. The molecule has 0 radical (unpaired) electrons. The molecular formula is C20H21FN2O4. The summed E-state index contributed by atoms with van der Waals surface area (Å²) >= 11 is 0. The molecule has 0 saturated carbocycles. The molecule has 0 amide bonds. The molecular weight excluding hydrogens is 351 g/mol. The number of nitro groups is 1. The van der Waals surface area contributed by atoms with Gasteiger partial charge in [-0.1, -0.05) is 19.1 Å². The van der Waals surface area contributed by atoms with Crippen molar-refractivity contribution in [2.75, 3.05) is 18.0 Å². The van der Waals surface area contributed by atoms with Crippen molar-refractivity contribution in [2.24, 2.45) is 5.92 Å². The predicted octanol–water partition coefficient (Wildman–Crippen LogP) is 4.33. The van der Waals surface area contributed by atoms with Crippen molar-refractivity contribution in [2.45, 2.75) is 26.4 Å². The van der Waals surface area contributed by atoms with Crippen LogP contribution < -0.4 is 4.90 Å². The zero-order valence-electron chi connectivity index (χ0n) is 15.1. The highest BCUT2D eigenvalue weighted by molar-refractivity contribution is 5.91. The van der Waals surface area contributed by atoms with Crippen molar-refractivity contribution in [3.8, 4) is 0 Å². The van der Waals surface area contributed by atoms with E-state index in [1.165, 1.54) is 30.3 Å². The van der Waals surface area contributed by atoms with Gasteiger partial charge in [-0.25, -0.2) is 9.18 Å². The molecule has 1 aliphatic heterocycles. The van der Waals surface area contributed by atoms with E-state index in [4.69, 9.17) is 4.74 Å². The molecule has 0 spiro atoms. The number of ether oxygens (including phenoxy) is 1. The fourth-order valence-corrected chi connectivity index (χ4v) is 3.13. The largest absolute Gasteiger partial charge is 0.457 e. The van der Waals surface area contributed by atoms with Gasteiger partial charge >= 0.3 is 5.97 Å². The maximum atomic E-state index is 12.9. The van der Waals surface area contributed by atoms with E-state index < -0.39 is 10.9 Å². The summed E-state index contributed by atoms with van der Waals surface area (Å²) in [6.45, 7) is 3.66. The molecule has 7 heteroatoms. The average Bonchev–Trinajstić information content (AvgIpc) is 2.67. The first-order valence-corrected chi connectivity index (χ1v) is 8.89. The van der Waals surface area contributed by atoms with E-state index in [0.29, 0.717) is 17.2 Å². The Morgan fingerprint density at radius 1 is 1.22 bits per heavy atom. The summed E-state index contributed by atoms with van der Waals surface area (Å²) < 4.78 is 18.1. The third kappa shape index (κ3) is 4.61. The van der Waals surface area contributed by atoms with Gasteiger partial charge < -0.3 is 9.64 Å². The van der Waals surface area contributed by atoms with E-state index in [-0.39, 0.29) is 23.7 Å². The van der Waals surface area contributed by atoms with Crippen LogP contribution in [0.15, 0.2) is 42.5 Å². The standard InChI is InChI=1S/C20H21FN2O4/c1-14-8-10-22(11-9-14)18-7-4-16(12-19(18)23(25)26)20(24)27-13-15-2-5-17(21)6-3-15/h2-7,12,14H,8-11,13H2,1H3. The molecule has 6 nitrogen and oxygen atoms in total. The van der Waals surface area contributed by atoms with Crippen LogP contribution in [0.2, 0.25) is 0 Å². The number of carbonyl (C=O) groups excluding carboxylic acids is 1. The van der Waals surface area contributed by atoms with Gasteiger partial charge in [-0.15, -0.1) is 0 Å². The number of hydrogen-bond acceptors (Lipinski definition) is 5. The third-order valence-corrected chi connectivity index (χ3v) is 4.82. The molecule has 1 heterocycles. The third-order valence-electron chi connectivity index (χ3n) is 4.82. The Balaban J connectivity index is 1.73. The fourth-order valence-electron chi connectivity index (χ4n) is 3.13. The Labute approximate surface area is 156 Å². The molecule has 0 N–H and O–H groups in total. The lowest BCUT2D eigenvalue weighted by atomic mass is 9.98. The first-order chi connectivity index (χ1) is 12.9. The SMILES string of the molecule is CC1CCN(c2ccc(C(=O)OCc3ccc(F)cc3)cc2[N+](=O)[O-])CC1. The normalized spacial score (nSPS) is 14.8.